The summed E-state index contributed by atoms with van der Waals surface area (Å²) in [6.07, 6.45) is 3.58. The number of aromatic nitrogens is 2. The topological polar surface area (TPSA) is 71.4 Å². The van der Waals surface area contributed by atoms with Gasteiger partial charge in [0.05, 0.1) is 18.5 Å². The van der Waals surface area contributed by atoms with E-state index in [-0.39, 0.29) is 18.3 Å². The van der Waals surface area contributed by atoms with Crippen LogP contribution >= 0.6 is 12.4 Å². The molecule has 2 N–H and O–H groups in total. The van der Waals surface area contributed by atoms with Crippen LogP contribution in [-0.2, 0) is 0 Å². The van der Waals surface area contributed by atoms with E-state index in [0.29, 0.717) is 24.6 Å². The van der Waals surface area contributed by atoms with Gasteiger partial charge in [0.2, 0.25) is 0 Å². The normalized spacial score (nSPS) is 14.3. The Morgan fingerprint density at radius 3 is 2.71 bits per heavy atom. The Morgan fingerprint density at radius 1 is 1.25 bits per heavy atom. The molecule has 154 valence electrons. The molecule has 0 radical (unpaired) electrons. The third-order valence-corrected chi connectivity index (χ3v) is 4.52. The molecule has 1 aromatic heterocycles. The van der Waals surface area contributed by atoms with Gasteiger partial charge in [0.25, 0.3) is 5.91 Å². The van der Waals surface area contributed by atoms with Crippen LogP contribution in [0, 0.1) is 0 Å². The van der Waals surface area contributed by atoms with E-state index in [0.717, 1.165) is 51.3 Å². The Morgan fingerprint density at radius 2 is 2.00 bits per heavy atom. The van der Waals surface area contributed by atoms with E-state index in [2.05, 4.69) is 20.6 Å². The first kappa shape index (κ1) is 22.2. The van der Waals surface area contributed by atoms with Gasteiger partial charge in [-0.3, -0.25) is 4.79 Å². The molecule has 0 unspecified atom stereocenters. The zero-order valence-corrected chi connectivity index (χ0v) is 17.2. The molecule has 2 heterocycles. The van der Waals surface area contributed by atoms with Gasteiger partial charge in [0.1, 0.15) is 0 Å². The maximum absolute atomic E-state index is 12.6. The van der Waals surface area contributed by atoms with Crippen molar-refractivity contribution in [2.24, 2.45) is 0 Å². The van der Waals surface area contributed by atoms with Crippen LogP contribution in [0.4, 0.5) is 0 Å². The predicted molar refractivity (Wildman–Crippen MR) is 113 cm³/mol. The molecule has 1 saturated heterocycles. The minimum Gasteiger partial charge on any atom is -0.489 e. The molecule has 28 heavy (non-hydrogen) atoms. The third-order valence-electron chi connectivity index (χ3n) is 4.52. The molecule has 1 aromatic carbocycles. The molecule has 0 atom stereocenters. The number of nitrogens with one attached hydrogen (secondary N) is 2. The molecule has 1 aliphatic rings. The van der Waals surface area contributed by atoms with Crippen molar-refractivity contribution in [1.29, 1.82) is 0 Å². The summed E-state index contributed by atoms with van der Waals surface area (Å²) in [5, 5.41) is 10.8. The fourth-order valence-electron chi connectivity index (χ4n) is 3.07. The van der Waals surface area contributed by atoms with Gasteiger partial charge in [0, 0.05) is 32.7 Å². The van der Waals surface area contributed by atoms with Crippen LogP contribution in [0.3, 0.4) is 0 Å². The Hall–Kier alpha value is -2.09. The van der Waals surface area contributed by atoms with Gasteiger partial charge in [-0.2, -0.15) is 5.10 Å². The van der Waals surface area contributed by atoms with Crippen LogP contribution in [-0.4, -0.2) is 66.5 Å². The van der Waals surface area contributed by atoms with Gasteiger partial charge in [-0.1, -0.05) is 25.1 Å². The van der Waals surface area contributed by atoms with Gasteiger partial charge >= 0.3 is 0 Å². The predicted octanol–water partition coefficient (Wildman–Crippen LogP) is 2.11. The Bertz CT molecular complexity index is 717. The number of nitrogens with zero attached hydrogens (tertiary/aromatic N) is 3. The van der Waals surface area contributed by atoms with E-state index >= 15 is 0 Å². The highest BCUT2D eigenvalue weighted by atomic mass is 35.5. The number of benzene rings is 1. The van der Waals surface area contributed by atoms with E-state index < -0.39 is 0 Å². The highest BCUT2D eigenvalue weighted by Gasteiger charge is 2.19. The second-order valence-corrected chi connectivity index (χ2v) is 6.67. The maximum Gasteiger partial charge on any atom is 0.275 e. The number of para-hydroxylation sites is 1. The van der Waals surface area contributed by atoms with Crippen LogP contribution in [0.15, 0.2) is 36.5 Å². The lowest BCUT2D eigenvalue weighted by atomic mass is 10.3. The molecule has 0 spiro atoms. The van der Waals surface area contributed by atoms with Crippen LogP contribution in [0.1, 0.15) is 30.3 Å². The molecule has 3 rings (SSSR count). The summed E-state index contributed by atoms with van der Waals surface area (Å²) >= 11 is 0. The van der Waals surface area contributed by atoms with Gasteiger partial charge in [-0.15, -0.1) is 12.4 Å². The van der Waals surface area contributed by atoms with Crippen molar-refractivity contribution in [3.8, 4) is 11.4 Å². The number of amides is 1. The van der Waals surface area contributed by atoms with Gasteiger partial charge in [0.15, 0.2) is 11.4 Å². The van der Waals surface area contributed by atoms with Crippen molar-refractivity contribution in [3.05, 3.63) is 42.2 Å². The number of hydrogen-bond donors (Lipinski definition) is 2. The number of piperazine rings is 1. The number of rotatable bonds is 9. The second kappa shape index (κ2) is 11.7. The molecule has 1 fully saturated rings. The number of carbonyl (C=O) groups is 1. The summed E-state index contributed by atoms with van der Waals surface area (Å²) < 4.78 is 7.45. The lowest BCUT2D eigenvalue weighted by Crippen LogP contribution is -2.44. The van der Waals surface area contributed by atoms with Crippen LogP contribution in [0.5, 0.6) is 5.75 Å². The molecule has 8 heteroatoms. The average molecular weight is 408 g/mol. The molecule has 0 saturated carbocycles. The van der Waals surface area contributed by atoms with Crippen molar-refractivity contribution in [1.82, 2.24) is 25.3 Å². The molecule has 7 nitrogen and oxygen atoms in total. The van der Waals surface area contributed by atoms with Crippen molar-refractivity contribution in [3.63, 3.8) is 0 Å². The minimum atomic E-state index is -0.184. The fraction of sp³-hybridized carbons (Fsp3) is 0.500. The first-order valence-electron chi connectivity index (χ1n) is 9.77. The molecule has 1 amide bonds. The molecule has 0 bridgehead atoms. The van der Waals surface area contributed by atoms with Crippen molar-refractivity contribution < 1.29 is 9.53 Å². The molecule has 1 aliphatic heterocycles. The van der Waals surface area contributed by atoms with E-state index in [1.165, 1.54) is 0 Å². The van der Waals surface area contributed by atoms with Gasteiger partial charge in [-0.25, -0.2) is 4.68 Å². The summed E-state index contributed by atoms with van der Waals surface area (Å²) in [5.74, 6) is 0.344. The highest BCUT2D eigenvalue weighted by Crippen LogP contribution is 2.20. The Labute approximate surface area is 172 Å². The number of halogens is 1. The third kappa shape index (κ3) is 6.22. The second-order valence-electron chi connectivity index (χ2n) is 6.67. The van der Waals surface area contributed by atoms with Crippen molar-refractivity contribution in [2.75, 3.05) is 45.9 Å². The van der Waals surface area contributed by atoms with Crippen molar-refractivity contribution >= 4 is 18.3 Å². The Kier molecular flexibility index (Phi) is 9.27. The molecule has 0 aliphatic carbocycles. The first-order chi connectivity index (χ1) is 13.3. The zero-order chi connectivity index (χ0) is 18.9. The summed E-state index contributed by atoms with van der Waals surface area (Å²) in [5.41, 5.74) is 1.24. The molecule has 2 aromatic rings. The van der Waals surface area contributed by atoms with E-state index in [9.17, 15) is 4.79 Å². The Balaban J connectivity index is 0.00000280. The standard InChI is InChI=1S/C20H29N5O2.ClH/c1-2-15-27-18-16-25(17-7-4-3-5-8-17)23-19(18)20(26)22-9-6-12-24-13-10-21-11-14-24;/h3-5,7-8,16,21H,2,6,9-15H2,1H3,(H,22,26);1H. The summed E-state index contributed by atoms with van der Waals surface area (Å²) in [6, 6.07) is 9.74. The van der Waals surface area contributed by atoms with E-state index in [1.807, 2.05) is 37.3 Å². The molecular formula is C20H30ClN5O2. The zero-order valence-electron chi connectivity index (χ0n) is 16.4. The average Bonchev–Trinajstić information content (AvgIpc) is 3.15. The lowest BCUT2D eigenvalue weighted by molar-refractivity contribution is 0.0942. The van der Waals surface area contributed by atoms with E-state index in [4.69, 9.17) is 4.74 Å². The van der Waals surface area contributed by atoms with Gasteiger partial charge in [-0.05, 0) is 31.5 Å². The maximum atomic E-state index is 12.6. The summed E-state index contributed by atoms with van der Waals surface area (Å²) in [4.78, 5) is 15.1. The van der Waals surface area contributed by atoms with Crippen molar-refractivity contribution in [2.45, 2.75) is 19.8 Å². The van der Waals surface area contributed by atoms with E-state index in [1.54, 1.807) is 10.9 Å². The SMILES string of the molecule is CCCOc1cn(-c2ccccc2)nc1C(=O)NCCCN1CCNCC1.Cl. The quantitative estimate of drug-likeness (QED) is 0.623. The van der Waals surface area contributed by atoms with Crippen LogP contribution in [0.2, 0.25) is 0 Å². The first-order valence-corrected chi connectivity index (χ1v) is 9.77. The number of carbonyl (C=O) groups excluding carboxylic acids is 1. The lowest BCUT2D eigenvalue weighted by Gasteiger charge is -2.27. The van der Waals surface area contributed by atoms with Crippen LogP contribution < -0.4 is 15.4 Å². The number of hydrogen-bond acceptors (Lipinski definition) is 5. The largest absolute Gasteiger partial charge is 0.489 e. The molecular weight excluding hydrogens is 378 g/mol. The smallest absolute Gasteiger partial charge is 0.275 e. The summed E-state index contributed by atoms with van der Waals surface area (Å²) in [7, 11) is 0. The monoisotopic (exact) mass is 407 g/mol. The fourth-order valence-corrected chi connectivity index (χ4v) is 3.07. The summed E-state index contributed by atoms with van der Waals surface area (Å²) in [6.45, 7) is 8.46. The van der Waals surface area contributed by atoms with Crippen LogP contribution in [0.25, 0.3) is 5.69 Å². The minimum absolute atomic E-state index is 0. The van der Waals surface area contributed by atoms with Gasteiger partial charge < -0.3 is 20.3 Å². The highest BCUT2D eigenvalue weighted by molar-refractivity contribution is 5.94. The number of ether oxygens (including phenoxy) is 1.